The van der Waals surface area contributed by atoms with Crippen LogP contribution in [0.1, 0.15) is 5.69 Å². The minimum absolute atomic E-state index is 0.289. The maximum atomic E-state index is 12.4. The Labute approximate surface area is 68.2 Å². The standard InChI is InChI=1S/C8H6FNO2/c9-7(8(11)12)5-6-3-1-2-4-10-6/h1-5H,(H,11,12)/b7-5+. The summed E-state index contributed by atoms with van der Waals surface area (Å²) in [5.41, 5.74) is 0.289. The minimum atomic E-state index is -1.58. The summed E-state index contributed by atoms with van der Waals surface area (Å²) >= 11 is 0. The molecule has 1 aromatic heterocycles. The molecule has 3 nitrogen and oxygen atoms in total. The Balaban J connectivity index is 2.89. The van der Waals surface area contributed by atoms with Crippen LogP contribution in [0.2, 0.25) is 0 Å². The van der Waals surface area contributed by atoms with Crippen LogP contribution < -0.4 is 0 Å². The first kappa shape index (κ1) is 8.39. The van der Waals surface area contributed by atoms with Gasteiger partial charge in [0.25, 0.3) is 0 Å². The van der Waals surface area contributed by atoms with Gasteiger partial charge in [-0.25, -0.2) is 4.79 Å². The molecule has 1 rings (SSSR count). The lowest BCUT2D eigenvalue weighted by atomic mass is 10.3. The van der Waals surface area contributed by atoms with Crippen LogP contribution in [0.15, 0.2) is 30.2 Å². The van der Waals surface area contributed by atoms with Gasteiger partial charge in [-0.2, -0.15) is 4.39 Å². The van der Waals surface area contributed by atoms with E-state index >= 15 is 0 Å². The predicted molar refractivity (Wildman–Crippen MR) is 41.0 cm³/mol. The van der Waals surface area contributed by atoms with Gasteiger partial charge in [0.05, 0.1) is 5.69 Å². The van der Waals surface area contributed by atoms with E-state index in [4.69, 9.17) is 5.11 Å². The molecule has 0 aromatic carbocycles. The molecule has 0 radical (unpaired) electrons. The van der Waals surface area contributed by atoms with E-state index in [1.54, 1.807) is 12.1 Å². The topological polar surface area (TPSA) is 50.2 Å². The third-order valence-electron chi connectivity index (χ3n) is 1.17. The first-order chi connectivity index (χ1) is 5.70. The van der Waals surface area contributed by atoms with Crippen LogP contribution in [0, 0.1) is 0 Å². The second kappa shape index (κ2) is 3.61. The number of halogens is 1. The quantitative estimate of drug-likeness (QED) is 0.678. The van der Waals surface area contributed by atoms with Gasteiger partial charge in [-0.05, 0) is 12.1 Å². The molecule has 0 saturated carbocycles. The van der Waals surface area contributed by atoms with E-state index < -0.39 is 11.8 Å². The Kier molecular flexibility index (Phi) is 2.53. The van der Waals surface area contributed by atoms with E-state index in [0.29, 0.717) is 0 Å². The lowest BCUT2D eigenvalue weighted by Crippen LogP contribution is -1.94. The molecule has 0 fully saturated rings. The summed E-state index contributed by atoms with van der Waals surface area (Å²) < 4.78 is 12.4. The van der Waals surface area contributed by atoms with Crippen LogP contribution in [0.5, 0.6) is 0 Å². The maximum absolute atomic E-state index is 12.4. The number of carboxylic acid groups (broad SMARTS) is 1. The second-order valence-electron chi connectivity index (χ2n) is 2.05. The Morgan fingerprint density at radius 2 is 2.33 bits per heavy atom. The number of hydrogen-bond acceptors (Lipinski definition) is 2. The molecule has 0 unspecified atom stereocenters. The summed E-state index contributed by atoms with van der Waals surface area (Å²) in [6.45, 7) is 0. The summed E-state index contributed by atoms with van der Waals surface area (Å²) in [5, 5.41) is 8.17. The molecule has 0 bridgehead atoms. The number of rotatable bonds is 2. The van der Waals surface area contributed by atoms with Crippen molar-refractivity contribution in [3.63, 3.8) is 0 Å². The Hall–Kier alpha value is -1.71. The van der Waals surface area contributed by atoms with Crippen molar-refractivity contribution in [1.29, 1.82) is 0 Å². The van der Waals surface area contributed by atoms with Gasteiger partial charge in [-0.15, -0.1) is 0 Å². The zero-order valence-electron chi connectivity index (χ0n) is 6.07. The first-order valence-electron chi connectivity index (χ1n) is 3.21. The minimum Gasteiger partial charge on any atom is -0.476 e. The van der Waals surface area contributed by atoms with Gasteiger partial charge in [0, 0.05) is 12.3 Å². The average Bonchev–Trinajstić information content (AvgIpc) is 2.06. The average molecular weight is 167 g/mol. The molecule has 0 atom stereocenters. The van der Waals surface area contributed by atoms with Crippen molar-refractivity contribution in [3.05, 3.63) is 35.9 Å². The molecule has 0 aliphatic rings. The highest BCUT2D eigenvalue weighted by molar-refractivity contribution is 5.89. The lowest BCUT2D eigenvalue weighted by molar-refractivity contribution is -0.134. The van der Waals surface area contributed by atoms with E-state index in [1.165, 1.54) is 12.3 Å². The van der Waals surface area contributed by atoms with Gasteiger partial charge in [0.15, 0.2) is 0 Å². The molecule has 0 aliphatic carbocycles. The molecule has 0 aliphatic heterocycles. The SMILES string of the molecule is O=C(O)/C(F)=C\c1ccccn1. The molecule has 12 heavy (non-hydrogen) atoms. The van der Waals surface area contributed by atoms with Crippen molar-refractivity contribution in [3.8, 4) is 0 Å². The van der Waals surface area contributed by atoms with Gasteiger partial charge in [-0.3, -0.25) is 4.98 Å². The number of aromatic nitrogens is 1. The van der Waals surface area contributed by atoms with Crippen molar-refractivity contribution in [2.45, 2.75) is 0 Å². The van der Waals surface area contributed by atoms with E-state index in [2.05, 4.69) is 4.98 Å². The van der Waals surface area contributed by atoms with Crippen LogP contribution in [-0.4, -0.2) is 16.1 Å². The smallest absolute Gasteiger partial charge is 0.364 e. The molecule has 1 N–H and O–H groups in total. The summed E-state index contributed by atoms with van der Waals surface area (Å²) in [6.07, 6.45) is 2.32. The molecule has 4 heteroatoms. The number of carbonyl (C=O) groups is 1. The maximum Gasteiger partial charge on any atom is 0.364 e. The number of hydrogen-bond donors (Lipinski definition) is 1. The highest BCUT2D eigenvalue weighted by atomic mass is 19.1. The molecule has 1 aromatic rings. The van der Waals surface area contributed by atoms with Gasteiger partial charge in [-0.1, -0.05) is 6.07 Å². The Morgan fingerprint density at radius 1 is 1.58 bits per heavy atom. The highest BCUT2D eigenvalue weighted by Gasteiger charge is 2.04. The molecule has 0 spiro atoms. The van der Waals surface area contributed by atoms with Crippen molar-refractivity contribution >= 4 is 12.0 Å². The Bertz CT molecular complexity index is 308. The van der Waals surface area contributed by atoms with Crippen molar-refractivity contribution in [2.75, 3.05) is 0 Å². The fraction of sp³-hybridized carbons (Fsp3) is 0. The molecule has 0 saturated heterocycles. The lowest BCUT2D eigenvalue weighted by Gasteiger charge is -1.90. The zero-order valence-corrected chi connectivity index (χ0v) is 6.07. The molecule has 0 amide bonds. The van der Waals surface area contributed by atoms with Crippen molar-refractivity contribution in [2.24, 2.45) is 0 Å². The number of aliphatic carboxylic acids is 1. The monoisotopic (exact) mass is 167 g/mol. The van der Waals surface area contributed by atoms with Gasteiger partial charge >= 0.3 is 5.97 Å². The van der Waals surface area contributed by atoms with Crippen LogP contribution in [0.25, 0.3) is 6.08 Å². The predicted octanol–water partition coefficient (Wildman–Crippen LogP) is 1.48. The third-order valence-corrected chi connectivity index (χ3v) is 1.17. The largest absolute Gasteiger partial charge is 0.476 e. The van der Waals surface area contributed by atoms with E-state index in [0.717, 1.165) is 6.08 Å². The van der Waals surface area contributed by atoms with E-state index in [9.17, 15) is 9.18 Å². The normalized spacial score (nSPS) is 11.2. The van der Waals surface area contributed by atoms with Gasteiger partial charge in [0.1, 0.15) is 0 Å². The van der Waals surface area contributed by atoms with E-state index in [1.807, 2.05) is 0 Å². The number of carboxylic acids is 1. The van der Waals surface area contributed by atoms with Crippen LogP contribution in [0.3, 0.4) is 0 Å². The van der Waals surface area contributed by atoms with Crippen LogP contribution in [-0.2, 0) is 4.79 Å². The second-order valence-corrected chi connectivity index (χ2v) is 2.05. The first-order valence-corrected chi connectivity index (χ1v) is 3.21. The highest BCUT2D eigenvalue weighted by Crippen LogP contribution is 2.04. The van der Waals surface area contributed by atoms with Crippen LogP contribution in [0.4, 0.5) is 4.39 Å². The third kappa shape index (κ3) is 2.16. The molecule has 1 heterocycles. The Morgan fingerprint density at radius 3 is 2.83 bits per heavy atom. The summed E-state index contributed by atoms with van der Waals surface area (Å²) in [7, 11) is 0. The van der Waals surface area contributed by atoms with Crippen molar-refractivity contribution in [1.82, 2.24) is 4.98 Å². The van der Waals surface area contributed by atoms with E-state index in [-0.39, 0.29) is 5.69 Å². The number of nitrogens with zero attached hydrogens (tertiary/aromatic N) is 1. The van der Waals surface area contributed by atoms with Gasteiger partial charge in [0.2, 0.25) is 5.83 Å². The van der Waals surface area contributed by atoms with Gasteiger partial charge < -0.3 is 5.11 Å². The van der Waals surface area contributed by atoms with Crippen molar-refractivity contribution < 1.29 is 14.3 Å². The fourth-order valence-corrected chi connectivity index (χ4v) is 0.653. The summed E-state index contributed by atoms with van der Waals surface area (Å²) in [4.78, 5) is 13.8. The fourth-order valence-electron chi connectivity index (χ4n) is 0.653. The summed E-state index contributed by atoms with van der Waals surface area (Å²) in [6, 6.07) is 4.83. The van der Waals surface area contributed by atoms with Crippen LogP contribution >= 0.6 is 0 Å². The molecular weight excluding hydrogens is 161 g/mol. The zero-order chi connectivity index (χ0) is 8.97. The molecule has 62 valence electrons. The number of pyridine rings is 1. The summed E-state index contributed by atoms with van der Waals surface area (Å²) in [5.74, 6) is -2.80. The molecular formula is C8H6FNO2.